The van der Waals surface area contributed by atoms with Gasteiger partial charge in [-0.15, -0.1) is 0 Å². The number of carbonyl (C=O) groups excluding carboxylic acids is 4. The van der Waals surface area contributed by atoms with Gasteiger partial charge in [-0.05, 0) is 24.5 Å². The Balaban J connectivity index is 2.43. The van der Waals surface area contributed by atoms with E-state index in [1.807, 2.05) is 0 Å². The number of rotatable bonds is 6. The molecule has 0 atom stereocenters. The van der Waals surface area contributed by atoms with Gasteiger partial charge in [-0.2, -0.15) is 13.2 Å². The second-order valence-electron chi connectivity index (χ2n) is 5.85. The number of primary amides is 1. The van der Waals surface area contributed by atoms with Crippen LogP contribution < -0.4 is 11.1 Å². The standard InChI is InChI=1S/C16H15F3N2O4/c17-16(18,19)15(5-2-6-15)14(25)21-12-9(7-10(23)8-22)3-1-4-11(12)13(20)24/h1,3-4,8H,2,5-7H2,(H2,20,24)(H,21,25). The van der Waals surface area contributed by atoms with E-state index < -0.39 is 35.6 Å². The molecule has 134 valence electrons. The predicted octanol–water partition coefficient (Wildman–Crippen LogP) is 1.77. The molecule has 0 aliphatic heterocycles. The molecule has 0 saturated heterocycles. The van der Waals surface area contributed by atoms with Crippen LogP contribution in [-0.4, -0.2) is 30.1 Å². The summed E-state index contributed by atoms with van der Waals surface area (Å²) in [6, 6.07) is 3.89. The highest BCUT2D eigenvalue weighted by molar-refractivity contribution is 6.26. The Hall–Kier alpha value is -2.71. The minimum atomic E-state index is -4.74. The van der Waals surface area contributed by atoms with E-state index in [2.05, 4.69) is 5.32 Å². The number of aldehydes is 1. The van der Waals surface area contributed by atoms with Crippen molar-refractivity contribution in [3.63, 3.8) is 0 Å². The van der Waals surface area contributed by atoms with E-state index in [0.29, 0.717) is 0 Å². The van der Waals surface area contributed by atoms with Gasteiger partial charge in [0.15, 0.2) is 12.1 Å². The average Bonchev–Trinajstić information content (AvgIpc) is 2.45. The monoisotopic (exact) mass is 356 g/mol. The molecule has 0 heterocycles. The van der Waals surface area contributed by atoms with Gasteiger partial charge in [0.25, 0.3) is 5.91 Å². The Labute approximate surface area is 140 Å². The van der Waals surface area contributed by atoms with Gasteiger partial charge in [-0.25, -0.2) is 0 Å². The minimum absolute atomic E-state index is 0.0402. The first-order chi connectivity index (χ1) is 11.6. The fourth-order valence-electron chi connectivity index (χ4n) is 2.73. The normalized spacial score (nSPS) is 15.8. The van der Waals surface area contributed by atoms with E-state index in [9.17, 15) is 32.3 Å². The van der Waals surface area contributed by atoms with Gasteiger partial charge in [0.05, 0.1) is 11.3 Å². The molecule has 1 fully saturated rings. The van der Waals surface area contributed by atoms with Crippen molar-refractivity contribution in [2.24, 2.45) is 11.1 Å². The van der Waals surface area contributed by atoms with Gasteiger partial charge in [0, 0.05) is 6.42 Å². The van der Waals surface area contributed by atoms with Crippen LogP contribution in [-0.2, 0) is 20.8 Å². The van der Waals surface area contributed by atoms with E-state index >= 15 is 0 Å². The zero-order valence-corrected chi connectivity index (χ0v) is 13.0. The van der Waals surface area contributed by atoms with Crippen molar-refractivity contribution < 1.29 is 32.3 Å². The van der Waals surface area contributed by atoms with E-state index in [-0.39, 0.29) is 42.4 Å². The summed E-state index contributed by atoms with van der Waals surface area (Å²) in [6.45, 7) is 0. The van der Waals surface area contributed by atoms with Crippen LogP contribution in [0.4, 0.5) is 18.9 Å². The van der Waals surface area contributed by atoms with Crippen molar-refractivity contribution in [2.45, 2.75) is 31.9 Å². The molecule has 0 aromatic heterocycles. The lowest BCUT2D eigenvalue weighted by atomic mass is 9.67. The van der Waals surface area contributed by atoms with E-state index in [1.165, 1.54) is 18.2 Å². The summed E-state index contributed by atoms with van der Waals surface area (Å²) in [7, 11) is 0. The number of nitrogens with one attached hydrogen (secondary N) is 1. The molecule has 0 unspecified atom stereocenters. The third-order valence-corrected chi connectivity index (χ3v) is 4.34. The smallest absolute Gasteiger partial charge is 0.366 e. The maximum atomic E-state index is 13.3. The molecule has 2 amide bonds. The number of hydrogen-bond donors (Lipinski definition) is 2. The molecule has 1 saturated carbocycles. The highest BCUT2D eigenvalue weighted by Gasteiger charge is 2.63. The molecule has 0 radical (unpaired) electrons. The number of ketones is 1. The molecule has 2 rings (SSSR count). The van der Waals surface area contributed by atoms with Crippen LogP contribution in [0.15, 0.2) is 18.2 Å². The molecule has 0 bridgehead atoms. The van der Waals surface area contributed by atoms with Gasteiger partial charge in [0.1, 0.15) is 5.41 Å². The SMILES string of the molecule is NC(=O)c1cccc(CC(=O)C=O)c1NC(=O)C1(C(F)(F)F)CCC1. The van der Waals surface area contributed by atoms with Gasteiger partial charge < -0.3 is 11.1 Å². The Morgan fingerprint density at radius 3 is 2.32 bits per heavy atom. The number of para-hydroxylation sites is 1. The number of amides is 2. The third-order valence-electron chi connectivity index (χ3n) is 4.34. The number of nitrogens with two attached hydrogens (primary N) is 1. The summed E-state index contributed by atoms with van der Waals surface area (Å²) in [5.41, 5.74) is 2.21. The molecule has 6 nitrogen and oxygen atoms in total. The molecular weight excluding hydrogens is 341 g/mol. The molecule has 9 heteroatoms. The minimum Gasteiger partial charge on any atom is -0.366 e. The van der Waals surface area contributed by atoms with Gasteiger partial charge in [-0.3, -0.25) is 19.2 Å². The topological polar surface area (TPSA) is 106 Å². The lowest BCUT2D eigenvalue weighted by molar-refractivity contribution is -0.240. The maximum absolute atomic E-state index is 13.3. The first-order valence-corrected chi connectivity index (χ1v) is 7.40. The van der Waals surface area contributed by atoms with Gasteiger partial charge in [0.2, 0.25) is 5.91 Å². The van der Waals surface area contributed by atoms with Crippen molar-refractivity contribution in [3.8, 4) is 0 Å². The number of alkyl halides is 3. The first-order valence-electron chi connectivity index (χ1n) is 7.40. The van der Waals surface area contributed by atoms with Crippen LogP contribution in [0, 0.1) is 5.41 Å². The number of benzene rings is 1. The van der Waals surface area contributed by atoms with E-state index in [1.54, 1.807) is 0 Å². The van der Waals surface area contributed by atoms with Crippen molar-refractivity contribution in [3.05, 3.63) is 29.3 Å². The highest BCUT2D eigenvalue weighted by Crippen LogP contribution is 2.53. The lowest BCUT2D eigenvalue weighted by Gasteiger charge is -2.41. The summed E-state index contributed by atoms with van der Waals surface area (Å²) in [4.78, 5) is 45.7. The number of Topliss-reactive ketones (excluding diaryl/α,β-unsaturated/α-hetero) is 1. The Morgan fingerprint density at radius 1 is 1.24 bits per heavy atom. The van der Waals surface area contributed by atoms with Gasteiger partial charge >= 0.3 is 6.18 Å². The molecule has 1 aliphatic carbocycles. The fraction of sp³-hybridized carbons (Fsp3) is 0.375. The Bertz CT molecular complexity index is 739. The molecule has 1 aliphatic rings. The third kappa shape index (κ3) is 3.40. The molecular formula is C16H15F3N2O4. The summed E-state index contributed by atoms with van der Waals surface area (Å²) in [5, 5.41) is 2.11. The average molecular weight is 356 g/mol. The van der Waals surface area contributed by atoms with Crippen molar-refractivity contribution in [1.29, 1.82) is 0 Å². The van der Waals surface area contributed by atoms with Crippen LogP contribution in [0.3, 0.4) is 0 Å². The van der Waals surface area contributed by atoms with Crippen LogP contribution in [0.5, 0.6) is 0 Å². The summed E-state index contributed by atoms with van der Waals surface area (Å²) < 4.78 is 39.8. The number of halogens is 3. The molecule has 25 heavy (non-hydrogen) atoms. The van der Waals surface area contributed by atoms with Crippen LogP contribution in [0.1, 0.15) is 35.2 Å². The molecule has 3 N–H and O–H groups in total. The largest absolute Gasteiger partial charge is 0.403 e. The van der Waals surface area contributed by atoms with E-state index in [0.717, 1.165) is 0 Å². The summed E-state index contributed by atoms with van der Waals surface area (Å²) in [5.74, 6) is -3.14. The predicted molar refractivity (Wildman–Crippen MR) is 80.7 cm³/mol. The fourth-order valence-corrected chi connectivity index (χ4v) is 2.73. The van der Waals surface area contributed by atoms with Crippen LogP contribution >= 0.6 is 0 Å². The van der Waals surface area contributed by atoms with Crippen LogP contribution in [0.2, 0.25) is 0 Å². The quantitative estimate of drug-likeness (QED) is 0.598. The highest BCUT2D eigenvalue weighted by atomic mass is 19.4. The molecule has 0 spiro atoms. The van der Waals surface area contributed by atoms with Crippen molar-refractivity contribution >= 4 is 29.6 Å². The zero-order chi connectivity index (χ0) is 18.8. The Kier molecular flexibility index (Phi) is 4.96. The van der Waals surface area contributed by atoms with E-state index in [4.69, 9.17) is 5.73 Å². The summed E-state index contributed by atoms with van der Waals surface area (Å²) >= 11 is 0. The zero-order valence-electron chi connectivity index (χ0n) is 13.0. The van der Waals surface area contributed by atoms with Crippen LogP contribution in [0.25, 0.3) is 0 Å². The van der Waals surface area contributed by atoms with Crippen molar-refractivity contribution in [1.82, 2.24) is 0 Å². The lowest BCUT2D eigenvalue weighted by Crippen LogP contribution is -2.52. The second kappa shape index (κ2) is 6.66. The molecule has 1 aromatic carbocycles. The second-order valence-corrected chi connectivity index (χ2v) is 5.85. The molecule has 1 aromatic rings. The number of anilines is 1. The Morgan fingerprint density at radius 2 is 1.88 bits per heavy atom. The van der Waals surface area contributed by atoms with Gasteiger partial charge in [-0.1, -0.05) is 18.6 Å². The first kappa shape index (κ1) is 18.6. The maximum Gasteiger partial charge on any atom is 0.403 e. The number of carbonyl (C=O) groups is 4. The summed E-state index contributed by atoms with van der Waals surface area (Å²) in [6.07, 6.45) is -5.63. The number of hydrogen-bond acceptors (Lipinski definition) is 4. The van der Waals surface area contributed by atoms with Crippen molar-refractivity contribution in [2.75, 3.05) is 5.32 Å².